The van der Waals surface area contributed by atoms with E-state index in [-0.39, 0.29) is 11.6 Å². The van der Waals surface area contributed by atoms with Crippen LogP contribution in [0.3, 0.4) is 0 Å². The highest BCUT2D eigenvalue weighted by molar-refractivity contribution is 4.87. The van der Waals surface area contributed by atoms with Gasteiger partial charge < -0.3 is 5.11 Å². The summed E-state index contributed by atoms with van der Waals surface area (Å²) in [5, 5.41) is 23.0. The predicted octanol–water partition coefficient (Wildman–Crippen LogP) is 3.26. The maximum Gasteiger partial charge on any atom is 0.0459 e. The molecule has 0 bridgehead atoms. The van der Waals surface area contributed by atoms with Gasteiger partial charge >= 0.3 is 0 Å². The zero-order valence-corrected chi connectivity index (χ0v) is 12.6. The van der Waals surface area contributed by atoms with E-state index in [1.807, 2.05) is 20.8 Å². The van der Waals surface area contributed by atoms with Crippen LogP contribution in [-0.4, -0.2) is 28.4 Å². The van der Waals surface area contributed by atoms with Gasteiger partial charge in [0.25, 0.3) is 0 Å². The molecule has 0 saturated heterocycles. The van der Waals surface area contributed by atoms with E-state index in [0.717, 1.165) is 25.7 Å². The van der Waals surface area contributed by atoms with E-state index in [0.29, 0.717) is 24.4 Å². The molecule has 1 aliphatic rings. The first kappa shape index (κ1) is 15.9. The highest BCUT2D eigenvalue weighted by atomic mass is 16.5. The minimum absolute atomic E-state index is 0.115. The molecular weight excluding hydrogens is 226 g/mol. The Kier molecular flexibility index (Phi) is 5.63. The van der Waals surface area contributed by atoms with Crippen LogP contribution in [0.15, 0.2) is 0 Å². The van der Waals surface area contributed by atoms with E-state index >= 15 is 0 Å². The number of aliphatic hydroxyl groups excluding tert-OH is 1. The van der Waals surface area contributed by atoms with Crippen molar-refractivity contribution in [3.05, 3.63) is 0 Å². The molecule has 107 valence electrons. The number of nitrogens with zero attached hydrogens (tertiary/aromatic N) is 1. The molecule has 3 heteroatoms. The second kappa shape index (κ2) is 6.36. The molecule has 0 aromatic rings. The topological polar surface area (TPSA) is 43.4 Å². The van der Waals surface area contributed by atoms with E-state index in [1.54, 1.807) is 0 Å². The van der Waals surface area contributed by atoms with Crippen molar-refractivity contribution >= 4 is 0 Å². The Morgan fingerprint density at radius 3 is 2.00 bits per heavy atom. The molecule has 1 radical (unpaired) electrons. The summed E-state index contributed by atoms with van der Waals surface area (Å²) in [5.41, 5.74) is -0.317. The summed E-state index contributed by atoms with van der Waals surface area (Å²) in [6, 6.07) is 0.115. The third-order valence-corrected chi connectivity index (χ3v) is 4.25. The summed E-state index contributed by atoms with van der Waals surface area (Å²) in [4.78, 5) is 0. The molecule has 18 heavy (non-hydrogen) atoms. The molecule has 0 aliphatic heterocycles. The Hall–Kier alpha value is -0.120. The molecule has 0 amide bonds. The molecular formula is C15H30NO2. The molecule has 3 nitrogen and oxygen atoms in total. The molecule has 0 aromatic heterocycles. The Bertz CT molecular complexity index is 239. The van der Waals surface area contributed by atoms with Crippen molar-refractivity contribution < 1.29 is 10.3 Å². The second-order valence-corrected chi connectivity index (χ2v) is 7.19. The number of rotatable bonds is 4. The monoisotopic (exact) mass is 256 g/mol. The van der Waals surface area contributed by atoms with E-state index in [2.05, 4.69) is 13.8 Å². The Balaban J connectivity index is 2.69. The van der Waals surface area contributed by atoms with E-state index in [1.165, 1.54) is 5.06 Å². The summed E-state index contributed by atoms with van der Waals surface area (Å²) in [7, 11) is 0. The minimum atomic E-state index is -0.317. The maximum atomic E-state index is 12.5. The van der Waals surface area contributed by atoms with Gasteiger partial charge in [0.1, 0.15) is 0 Å². The van der Waals surface area contributed by atoms with Crippen LogP contribution in [-0.2, 0) is 5.21 Å². The number of hydrogen-bond donors (Lipinski definition) is 1. The van der Waals surface area contributed by atoms with Gasteiger partial charge in [-0.1, -0.05) is 13.8 Å². The smallest absolute Gasteiger partial charge is 0.0459 e. The van der Waals surface area contributed by atoms with Gasteiger partial charge in [-0.25, -0.2) is 0 Å². The van der Waals surface area contributed by atoms with Crippen LogP contribution in [0.5, 0.6) is 0 Å². The molecule has 1 aliphatic carbocycles. The quantitative estimate of drug-likeness (QED) is 0.785. The highest BCUT2D eigenvalue weighted by Gasteiger charge is 2.38. The van der Waals surface area contributed by atoms with Crippen LogP contribution >= 0.6 is 0 Å². The Morgan fingerprint density at radius 2 is 1.67 bits per heavy atom. The highest BCUT2D eigenvalue weighted by Crippen LogP contribution is 2.36. The molecule has 0 aromatic carbocycles. The number of hydrogen-bond acceptors (Lipinski definition) is 2. The Labute approximate surface area is 112 Å². The third-order valence-electron chi connectivity index (χ3n) is 4.25. The van der Waals surface area contributed by atoms with Crippen molar-refractivity contribution in [1.29, 1.82) is 0 Å². The lowest BCUT2D eigenvalue weighted by molar-refractivity contribution is -0.260. The maximum absolute atomic E-state index is 12.5. The van der Waals surface area contributed by atoms with Crippen LogP contribution in [0, 0.1) is 17.8 Å². The first-order valence-electron chi connectivity index (χ1n) is 7.34. The van der Waals surface area contributed by atoms with E-state index in [9.17, 15) is 10.3 Å². The van der Waals surface area contributed by atoms with Crippen LogP contribution in [0.25, 0.3) is 0 Å². The first-order chi connectivity index (χ1) is 8.27. The predicted molar refractivity (Wildman–Crippen MR) is 73.4 cm³/mol. The number of aliphatic hydroxyl groups is 1. The van der Waals surface area contributed by atoms with Crippen molar-refractivity contribution in [3.63, 3.8) is 0 Å². The third kappa shape index (κ3) is 3.94. The lowest BCUT2D eigenvalue weighted by Gasteiger charge is -2.43. The molecule has 1 atom stereocenters. The molecule has 0 heterocycles. The largest absolute Gasteiger partial charge is 0.396 e. The van der Waals surface area contributed by atoms with Gasteiger partial charge in [-0.2, -0.15) is 0 Å². The SMILES string of the molecule is CC(C)C(C1CCC(CO)CC1)N([O])C(C)(C)C. The lowest BCUT2D eigenvalue weighted by atomic mass is 9.75. The summed E-state index contributed by atoms with van der Waals surface area (Å²) in [5.74, 6) is 1.34. The zero-order chi connectivity index (χ0) is 13.9. The van der Waals surface area contributed by atoms with Crippen molar-refractivity contribution in [2.75, 3.05) is 6.61 Å². The normalized spacial score (nSPS) is 27.8. The van der Waals surface area contributed by atoms with Crippen LogP contribution in [0.4, 0.5) is 0 Å². The van der Waals surface area contributed by atoms with Crippen LogP contribution < -0.4 is 0 Å². The average molecular weight is 256 g/mol. The second-order valence-electron chi connectivity index (χ2n) is 7.19. The van der Waals surface area contributed by atoms with Gasteiger partial charge in [-0.05, 0) is 64.2 Å². The first-order valence-corrected chi connectivity index (χ1v) is 7.34. The van der Waals surface area contributed by atoms with E-state index < -0.39 is 0 Å². The average Bonchev–Trinajstić information content (AvgIpc) is 2.28. The molecule has 1 N–H and O–H groups in total. The molecule has 0 spiro atoms. The lowest BCUT2D eigenvalue weighted by Crippen LogP contribution is -2.51. The summed E-state index contributed by atoms with van der Waals surface area (Å²) < 4.78 is 0. The number of hydroxylamine groups is 2. The fourth-order valence-corrected chi connectivity index (χ4v) is 3.17. The van der Waals surface area contributed by atoms with Crippen molar-refractivity contribution in [2.45, 2.75) is 71.9 Å². The van der Waals surface area contributed by atoms with Gasteiger partial charge in [0.15, 0.2) is 0 Å². The summed E-state index contributed by atoms with van der Waals surface area (Å²) in [6.07, 6.45) is 4.32. The molecule has 1 saturated carbocycles. The van der Waals surface area contributed by atoms with Gasteiger partial charge in [-0.15, -0.1) is 10.3 Å². The minimum Gasteiger partial charge on any atom is -0.396 e. The van der Waals surface area contributed by atoms with Crippen molar-refractivity contribution in [2.24, 2.45) is 17.8 Å². The van der Waals surface area contributed by atoms with E-state index in [4.69, 9.17) is 0 Å². The van der Waals surface area contributed by atoms with Crippen molar-refractivity contribution in [1.82, 2.24) is 5.06 Å². The van der Waals surface area contributed by atoms with Gasteiger partial charge in [0.2, 0.25) is 0 Å². The summed E-state index contributed by atoms with van der Waals surface area (Å²) >= 11 is 0. The molecule has 1 fully saturated rings. The van der Waals surface area contributed by atoms with Crippen LogP contribution in [0.1, 0.15) is 60.3 Å². The van der Waals surface area contributed by atoms with Gasteiger partial charge in [-0.3, -0.25) is 0 Å². The standard InChI is InChI=1S/C15H30NO2/c1-11(2)14(16(18)15(3,4)5)13-8-6-12(10-17)7-9-13/h11-14,17H,6-10H2,1-5H3. The van der Waals surface area contributed by atoms with Gasteiger partial charge in [0.05, 0.1) is 0 Å². The Morgan fingerprint density at radius 1 is 1.17 bits per heavy atom. The fraction of sp³-hybridized carbons (Fsp3) is 1.00. The van der Waals surface area contributed by atoms with Gasteiger partial charge in [0, 0.05) is 18.2 Å². The van der Waals surface area contributed by atoms with Crippen molar-refractivity contribution in [3.8, 4) is 0 Å². The summed E-state index contributed by atoms with van der Waals surface area (Å²) in [6.45, 7) is 10.6. The molecule has 1 rings (SSSR count). The zero-order valence-electron chi connectivity index (χ0n) is 12.6. The fourth-order valence-electron chi connectivity index (χ4n) is 3.17. The van der Waals surface area contributed by atoms with Crippen LogP contribution in [0.2, 0.25) is 0 Å². The molecule has 1 unspecified atom stereocenters.